The molecule has 0 aliphatic carbocycles. The van der Waals surface area contributed by atoms with Gasteiger partial charge in [0, 0.05) is 23.5 Å². The van der Waals surface area contributed by atoms with Crippen LogP contribution in [0.25, 0.3) is 22.7 Å². The second-order valence-electron chi connectivity index (χ2n) is 5.94. The molecule has 0 spiro atoms. The molecule has 1 amide bonds. The van der Waals surface area contributed by atoms with Crippen molar-refractivity contribution in [3.05, 3.63) is 66.4 Å². The van der Waals surface area contributed by atoms with Gasteiger partial charge in [0.1, 0.15) is 11.5 Å². The molecule has 0 aliphatic rings. The zero-order chi connectivity index (χ0) is 19.5. The number of fused-ring (bicyclic) bond motifs is 1. The molecule has 7 nitrogen and oxygen atoms in total. The van der Waals surface area contributed by atoms with Crippen molar-refractivity contribution in [1.29, 1.82) is 0 Å². The smallest absolute Gasteiger partial charge is 0.259 e. The fraction of sp³-hybridized carbons (Fsp3) is 0.0952. The van der Waals surface area contributed by atoms with E-state index in [-0.39, 0.29) is 5.91 Å². The SMILES string of the molecule is COc1ccc(C(=O)Nc2ccc(-c3nc4ncccc4o3)cc2)c(OC)c1. The Morgan fingerprint density at radius 3 is 2.57 bits per heavy atom. The number of ether oxygens (including phenoxy) is 2. The first-order valence-electron chi connectivity index (χ1n) is 8.53. The van der Waals surface area contributed by atoms with Crippen LogP contribution in [0, 0.1) is 0 Å². The average Bonchev–Trinajstić information content (AvgIpc) is 3.18. The van der Waals surface area contributed by atoms with Crippen molar-refractivity contribution in [2.75, 3.05) is 19.5 Å². The highest BCUT2D eigenvalue weighted by Crippen LogP contribution is 2.27. The Kier molecular flexibility index (Phi) is 4.63. The third-order valence-corrected chi connectivity index (χ3v) is 4.21. The molecule has 4 rings (SSSR count). The monoisotopic (exact) mass is 375 g/mol. The van der Waals surface area contributed by atoms with Gasteiger partial charge in [-0.05, 0) is 48.5 Å². The molecular weight excluding hydrogens is 358 g/mol. The van der Waals surface area contributed by atoms with Crippen LogP contribution in [0.3, 0.4) is 0 Å². The first-order valence-corrected chi connectivity index (χ1v) is 8.53. The molecule has 0 saturated heterocycles. The zero-order valence-electron chi connectivity index (χ0n) is 15.3. The molecule has 0 fully saturated rings. The van der Waals surface area contributed by atoms with Crippen LogP contribution in [-0.4, -0.2) is 30.1 Å². The molecule has 0 unspecified atom stereocenters. The van der Waals surface area contributed by atoms with E-state index >= 15 is 0 Å². The Hall–Kier alpha value is -3.87. The second kappa shape index (κ2) is 7.40. The van der Waals surface area contributed by atoms with Gasteiger partial charge in [0.2, 0.25) is 5.89 Å². The minimum Gasteiger partial charge on any atom is -0.497 e. The average molecular weight is 375 g/mol. The van der Waals surface area contributed by atoms with Gasteiger partial charge >= 0.3 is 0 Å². The third kappa shape index (κ3) is 3.37. The van der Waals surface area contributed by atoms with Crippen LogP contribution in [-0.2, 0) is 0 Å². The fourth-order valence-electron chi connectivity index (χ4n) is 2.77. The molecule has 2 heterocycles. The number of pyridine rings is 1. The highest BCUT2D eigenvalue weighted by atomic mass is 16.5. The number of carbonyl (C=O) groups is 1. The third-order valence-electron chi connectivity index (χ3n) is 4.21. The molecule has 28 heavy (non-hydrogen) atoms. The van der Waals surface area contributed by atoms with Crippen LogP contribution in [0.5, 0.6) is 11.5 Å². The summed E-state index contributed by atoms with van der Waals surface area (Å²) in [5.74, 6) is 1.25. The lowest BCUT2D eigenvalue weighted by Gasteiger charge is -2.11. The van der Waals surface area contributed by atoms with Gasteiger partial charge in [-0.2, -0.15) is 4.98 Å². The van der Waals surface area contributed by atoms with Crippen molar-refractivity contribution < 1.29 is 18.7 Å². The van der Waals surface area contributed by atoms with E-state index in [4.69, 9.17) is 13.9 Å². The zero-order valence-corrected chi connectivity index (χ0v) is 15.3. The number of hydrogen-bond acceptors (Lipinski definition) is 6. The van der Waals surface area contributed by atoms with E-state index in [0.29, 0.717) is 39.9 Å². The molecule has 7 heteroatoms. The molecule has 1 N–H and O–H groups in total. The van der Waals surface area contributed by atoms with Crippen molar-refractivity contribution in [1.82, 2.24) is 9.97 Å². The van der Waals surface area contributed by atoms with Gasteiger partial charge in [-0.3, -0.25) is 4.79 Å². The fourth-order valence-corrected chi connectivity index (χ4v) is 2.77. The highest BCUT2D eigenvalue weighted by molar-refractivity contribution is 6.06. The Balaban J connectivity index is 1.54. The predicted molar refractivity (Wildman–Crippen MR) is 105 cm³/mol. The molecule has 2 aromatic carbocycles. The number of benzene rings is 2. The topological polar surface area (TPSA) is 86.5 Å². The van der Waals surface area contributed by atoms with Gasteiger partial charge in [0.25, 0.3) is 5.91 Å². The molecular formula is C21H17N3O4. The second-order valence-corrected chi connectivity index (χ2v) is 5.94. The van der Waals surface area contributed by atoms with E-state index < -0.39 is 0 Å². The van der Waals surface area contributed by atoms with E-state index in [0.717, 1.165) is 5.56 Å². The van der Waals surface area contributed by atoms with Crippen LogP contribution in [0.4, 0.5) is 5.69 Å². The number of methoxy groups -OCH3 is 2. The lowest BCUT2D eigenvalue weighted by molar-refractivity contribution is 0.102. The minimum atomic E-state index is -0.279. The van der Waals surface area contributed by atoms with Gasteiger partial charge in [-0.1, -0.05) is 0 Å². The van der Waals surface area contributed by atoms with Crippen LogP contribution in [0.1, 0.15) is 10.4 Å². The van der Waals surface area contributed by atoms with Crippen molar-refractivity contribution in [2.24, 2.45) is 0 Å². The summed E-state index contributed by atoms with van der Waals surface area (Å²) >= 11 is 0. The van der Waals surface area contributed by atoms with Crippen molar-refractivity contribution in [3.8, 4) is 23.0 Å². The summed E-state index contributed by atoms with van der Waals surface area (Å²) < 4.78 is 16.1. The summed E-state index contributed by atoms with van der Waals surface area (Å²) in [5, 5.41) is 2.85. The number of nitrogens with zero attached hydrogens (tertiary/aromatic N) is 2. The van der Waals surface area contributed by atoms with Gasteiger partial charge in [0.05, 0.1) is 19.8 Å². The standard InChI is InChI=1S/C21H17N3O4/c1-26-15-9-10-16(18(12-15)27-2)20(25)23-14-7-5-13(6-8-14)21-24-19-17(28-21)4-3-11-22-19/h3-12H,1-2H3,(H,23,25). The Bertz CT molecular complexity index is 1100. The molecule has 0 saturated carbocycles. The Morgan fingerprint density at radius 1 is 1.04 bits per heavy atom. The first kappa shape index (κ1) is 17.5. The van der Waals surface area contributed by atoms with E-state index in [1.54, 1.807) is 49.7 Å². The van der Waals surface area contributed by atoms with Crippen LogP contribution >= 0.6 is 0 Å². The van der Waals surface area contributed by atoms with Gasteiger partial charge < -0.3 is 19.2 Å². The number of amides is 1. The van der Waals surface area contributed by atoms with Crippen LogP contribution in [0.2, 0.25) is 0 Å². The predicted octanol–water partition coefficient (Wildman–Crippen LogP) is 4.16. The molecule has 0 aliphatic heterocycles. The van der Waals surface area contributed by atoms with Gasteiger partial charge in [-0.15, -0.1) is 0 Å². The van der Waals surface area contributed by atoms with Crippen molar-refractivity contribution in [3.63, 3.8) is 0 Å². The quantitative estimate of drug-likeness (QED) is 0.564. The summed E-state index contributed by atoms with van der Waals surface area (Å²) in [6, 6.07) is 15.9. The summed E-state index contributed by atoms with van der Waals surface area (Å²) in [6.45, 7) is 0. The number of hydrogen-bond donors (Lipinski definition) is 1. The number of oxazole rings is 1. The minimum absolute atomic E-state index is 0.279. The maximum Gasteiger partial charge on any atom is 0.259 e. The van der Waals surface area contributed by atoms with Crippen molar-refractivity contribution in [2.45, 2.75) is 0 Å². The maximum absolute atomic E-state index is 12.6. The number of aromatic nitrogens is 2. The normalized spacial score (nSPS) is 10.6. The van der Waals surface area contributed by atoms with Crippen LogP contribution < -0.4 is 14.8 Å². The molecule has 0 bridgehead atoms. The number of anilines is 1. The number of nitrogens with one attached hydrogen (secondary N) is 1. The molecule has 140 valence electrons. The van der Waals surface area contributed by atoms with E-state index in [9.17, 15) is 4.79 Å². The molecule has 0 radical (unpaired) electrons. The maximum atomic E-state index is 12.6. The molecule has 4 aromatic rings. The molecule has 0 atom stereocenters. The largest absolute Gasteiger partial charge is 0.497 e. The highest BCUT2D eigenvalue weighted by Gasteiger charge is 2.14. The van der Waals surface area contributed by atoms with Crippen molar-refractivity contribution >= 4 is 22.8 Å². The van der Waals surface area contributed by atoms with Crippen LogP contribution in [0.15, 0.2) is 65.2 Å². The molecule has 2 aromatic heterocycles. The lowest BCUT2D eigenvalue weighted by Crippen LogP contribution is -2.13. The number of rotatable bonds is 5. The summed E-state index contributed by atoms with van der Waals surface area (Å²) in [4.78, 5) is 21.1. The van der Waals surface area contributed by atoms with Gasteiger partial charge in [-0.25, -0.2) is 4.98 Å². The summed E-state index contributed by atoms with van der Waals surface area (Å²) in [6.07, 6.45) is 1.67. The number of carbonyl (C=O) groups excluding carboxylic acids is 1. The first-order chi connectivity index (χ1) is 13.7. The summed E-state index contributed by atoms with van der Waals surface area (Å²) in [5.41, 5.74) is 3.03. The van der Waals surface area contributed by atoms with E-state index in [2.05, 4.69) is 15.3 Å². The van der Waals surface area contributed by atoms with E-state index in [1.807, 2.05) is 18.2 Å². The Morgan fingerprint density at radius 2 is 1.86 bits per heavy atom. The Labute approximate surface area is 160 Å². The lowest BCUT2D eigenvalue weighted by atomic mass is 10.1. The summed E-state index contributed by atoms with van der Waals surface area (Å²) in [7, 11) is 3.07. The van der Waals surface area contributed by atoms with Gasteiger partial charge in [0.15, 0.2) is 11.2 Å². The van der Waals surface area contributed by atoms with E-state index in [1.165, 1.54) is 7.11 Å².